The van der Waals surface area contributed by atoms with Gasteiger partial charge in [-0.15, -0.1) is 0 Å². The summed E-state index contributed by atoms with van der Waals surface area (Å²) in [5.41, 5.74) is -0.135. The molecule has 7 atom stereocenters. The molecule has 2 aromatic rings. The normalized spacial score (nSPS) is 18.5. The van der Waals surface area contributed by atoms with Crippen LogP contribution >= 0.6 is 39.5 Å². The first-order valence-electron chi connectivity index (χ1n) is 20.7. The number of nitro groups is 2. The third kappa shape index (κ3) is 19.6. The molecule has 3 rings (SSSR count). The van der Waals surface area contributed by atoms with E-state index in [4.69, 9.17) is 42.6 Å². The molecule has 1 aliphatic rings. The van der Waals surface area contributed by atoms with Crippen LogP contribution in [0, 0.1) is 26.1 Å². The third-order valence-corrected chi connectivity index (χ3v) is 12.2. The Morgan fingerprint density at radius 2 is 1.37 bits per heavy atom. The van der Waals surface area contributed by atoms with Crippen molar-refractivity contribution in [2.24, 2.45) is 5.92 Å². The van der Waals surface area contributed by atoms with Gasteiger partial charge in [-0.2, -0.15) is 23.5 Å². The molecular formula is C43H67BrN4O18S2. The van der Waals surface area contributed by atoms with E-state index in [1.165, 1.54) is 77.3 Å². The van der Waals surface area contributed by atoms with Crippen LogP contribution < -0.4 is 29.6 Å². The van der Waals surface area contributed by atoms with E-state index in [0.717, 1.165) is 0 Å². The van der Waals surface area contributed by atoms with Gasteiger partial charge in [0.25, 0.3) is 11.4 Å². The van der Waals surface area contributed by atoms with Crippen molar-refractivity contribution in [2.75, 3.05) is 78.8 Å². The van der Waals surface area contributed by atoms with Crippen LogP contribution in [0.4, 0.5) is 16.2 Å². The first-order valence-corrected chi connectivity index (χ1v) is 24.2. The summed E-state index contributed by atoms with van der Waals surface area (Å²) >= 11 is 5.83. The minimum absolute atomic E-state index is 0. The lowest BCUT2D eigenvalue weighted by Gasteiger charge is -2.43. The Labute approximate surface area is 413 Å². The molecule has 7 unspecified atom stereocenters. The van der Waals surface area contributed by atoms with E-state index in [1.807, 2.05) is 0 Å². The van der Waals surface area contributed by atoms with E-state index in [9.17, 15) is 44.8 Å². The molecule has 0 aromatic heterocycles. The number of nitro benzene ring substituents is 2. The van der Waals surface area contributed by atoms with Crippen LogP contribution in [-0.2, 0) is 44.8 Å². The maximum Gasteiger partial charge on any atom is 0.408 e. The summed E-state index contributed by atoms with van der Waals surface area (Å²) in [6, 6.07) is 4.29. The van der Waals surface area contributed by atoms with Gasteiger partial charge < -0.3 is 63.5 Å². The molecule has 1 aliphatic heterocycles. The summed E-state index contributed by atoms with van der Waals surface area (Å²) in [7, 11) is 6.86. The summed E-state index contributed by atoms with van der Waals surface area (Å²) < 4.78 is 47.5. The third-order valence-electron chi connectivity index (χ3n) is 9.56. The molecule has 0 radical (unpaired) electrons. The van der Waals surface area contributed by atoms with E-state index in [0.29, 0.717) is 52.6 Å². The molecule has 386 valence electrons. The molecule has 1 amide bonds. The molecule has 0 bridgehead atoms. The van der Waals surface area contributed by atoms with Crippen molar-refractivity contribution >= 4 is 68.9 Å². The summed E-state index contributed by atoms with van der Waals surface area (Å²) in [4.78, 5) is 57.8. The Morgan fingerprint density at radius 1 is 0.853 bits per heavy atom. The van der Waals surface area contributed by atoms with Crippen molar-refractivity contribution in [3.05, 3.63) is 55.6 Å². The van der Waals surface area contributed by atoms with Gasteiger partial charge in [-0.1, -0.05) is 30.3 Å². The zero-order chi connectivity index (χ0) is 50.4. The number of esters is 2. The number of alkyl carbamates (subject to hydrolysis) is 1. The maximum atomic E-state index is 12.0. The number of hydrogen-bond donors (Lipinski definition) is 4. The van der Waals surface area contributed by atoms with Gasteiger partial charge in [-0.3, -0.25) is 25.0 Å². The highest BCUT2D eigenvalue weighted by atomic mass is 79.9. The van der Waals surface area contributed by atoms with Crippen molar-refractivity contribution in [3.8, 4) is 23.0 Å². The van der Waals surface area contributed by atoms with E-state index >= 15 is 0 Å². The molecule has 2 aromatic carbocycles. The molecule has 25 heteroatoms. The monoisotopic (exact) mass is 1070 g/mol. The Balaban J connectivity index is 0.000000678. The molecule has 1 fully saturated rings. The van der Waals surface area contributed by atoms with Crippen molar-refractivity contribution in [2.45, 2.75) is 95.7 Å². The van der Waals surface area contributed by atoms with Crippen LogP contribution in [0.5, 0.6) is 23.0 Å². The van der Waals surface area contributed by atoms with Gasteiger partial charge >= 0.3 is 18.0 Å². The Morgan fingerprint density at radius 3 is 1.81 bits per heavy atom. The first-order chi connectivity index (χ1) is 31.7. The lowest BCUT2D eigenvalue weighted by Crippen LogP contribution is -2.63. The molecular weight excluding hydrogens is 1000 g/mol. The van der Waals surface area contributed by atoms with Gasteiger partial charge in [0.15, 0.2) is 23.0 Å². The van der Waals surface area contributed by atoms with E-state index in [1.54, 1.807) is 40.7 Å². The topological polar surface area (TPSA) is 285 Å². The average molecular weight is 1070 g/mol. The first kappa shape index (κ1) is 61.6. The van der Waals surface area contributed by atoms with Gasteiger partial charge in [-0.05, 0) is 39.8 Å². The molecule has 1 heterocycles. The highest BCUT2D eigenvalue weighted by molar-refractivity contribution is 9.09. The van der Waals surface area contributed by atoms with Crippen LogP contribution in [0.1, 0.15) is 53.2 Å². The second-order valence-corrected chi connectivity index (χ2v) is 18.4. The van der Waals surface area contributed by atoms with Crippen molar-refractivity contribution in [1.82, 2.24) is 10.6 Å². The van der Waals surface area contributed by atoms with Gasteiger partial charge in [0.1, 0.15) is 36.6 Å². The van der Waals surface area contributed by atoms with Crippen LogP contribution in [0.2, 0.25) is 0 Å². The number of thioether (sulfide) groups is 2. The lowest BCUT2D eigenvalue weighted by atomic mass is 9.93. The molecule has 0 spiro atoms. The summed E-state index contributed by atoms with van der Waals surface area (Å²) in [5, 5.41) is 49.5. The van der Waals surface area contributed by atoms with Gasteiger partial charge in [0.2, 0.25) is 0 Å². The van der Waals surface area contributed by atoms with E-state index in [2.05, 4.69) is 26.6 Å². The number of halogens is 1. The number of benzene rings is 2. The zero-order valence-corrected chi connectivity index (χ0v) is 42.4. The second kappa shape index (κ2) is 31.0. The number of aliphatic hydroxyl groups excluding tert-OH is 2. The standard InChI is InChI=1S/C23H36N2O10S.C19H27BrN2O8S.CH4/c1-13(23(28)33-5)11-36-12-15-8-17(31-3)18(9-16(15)25(29)30)34-7-6-24-20-14(2)35-19(10-26)22(32-4)21(20)27;1-19(2,3)30-18(24)21-13(17(23)28-5)11-31-10-12-8-15(27-4)16(29-7-6-20)9-14(12)22(25)26;/h8-9,13-14,19-22,24,26-27H,6-7,10-12H2,1-5H3;8-9,13H,6-7,10-11H2,1-5H3,(H,21,24);1H4. The van der Waals surface area contributed by atoms with E-state index < -0.39 is 64.0 Å². The summed E-state index contributed by atoms with van der Waals surface area (Å²) in [6.07, 6.45) is -3.37. The predicted molar refractivity (Wildman–Crippen MR) is 260 cm³/mol. The molecule has 0 saturated carbocycles. The van der Waals surface area contributed by atoms with Crippen molar-refractivity contribution in [1.29, 1.82) is 0 Å². The minimum atomic E-state index is -0.979. The fraction of sp³-hybridized carbons (Fsp3) is 0.651. The summed E-state index contributed by atoms with van der Waals surface area (Å²) in [5.74, 6) is 0.936. The maximum absolute atomic E-state index is 12.0. The highest BCUT2D eigenvalue weighted by Crippen LogP contribution is 2.38. The van der Waals surface area contributed by atoms with Crippen LogP contribution in [-0.4, -0.2) is 159 Å². The smallest absolute Gasteiger partial charge is 0.408 e. The zero-order valence-electron chi connectivity index (χ0n) is 39.2. The van der Waals surface area contributed by atoms with Crippen LogP contribution in [0.15, 0.2) is 24.3 Å². The number of alkyl halides is 1. The van der Waals surface area contributed by atoms with Crippen molar-refractivity contribution in [3.63, 3.8) is 0 Å². The number of carbonyl (C=O) groups excluding carboxylic acids is 3. The fourth-order valence-electron chi connectivity index (χ4n) is 6.36. The molecule has 22 nitrogen and oxygen atoms in total. The number of amides is 1. The number of hydrogen-bond acceptors (Lipinski definition) is 21. The highest BCUT2D eigenvalue weighted by Gasteiger charge is 2.43. The number of ether oxygens (including phenoxy) is 9. The van der Waals surface area contributed by atoms with Crippen LogP contribution in [0.3, 0.4) is 0 Å². The largest absolute Gasteiger partial charge is 0.493 e. The fourth-order valence-corrected chi connectivity index (χ4v) is 8.60. The number of nitrogens with zero attached hydrogens (tertiary/aromatic N) is 2. The molecule has 0 aliphatic carbocycles. The number of rotatable bonds is 25. The number of carbonyl (C=O) groups is 3. The average Bonchev–Trinajstić information content (AvgIpc) is 3.28. The quantitative estimate of drug-likeness (QED) is 0.0240. The Hall–Kier alpha value is -4.37. The minimum Gasteiger partial charge on any atom is -0.493 e. The molecule has 68 heavy (non-hydrogen) atoms. The predicted octanol–water partition coefficient (Wildman–Crippen LogP) is 5.45. The van der Waals surface area contributed by atoms with Gasteiger partial charge in [0.05, 0.1) is 81.7 Å². The second-order valence-electron chi connectivity index (χ2n) is 15.6. The van der Waals surface area contributed by atoms with Gasteiger partial charge in [0, 0.05) is 53.1 Å². The van der Waals surface area contributed by atoms with Gasteiger partial charge in [-0.25, -0.2) is 9.59 Å². The number of nitrogens with one attached hydrogen (secondary N) is 2. The van der Waals surface area contributed by atoms with E-state index in [-0.39, 0.29) is 66.9 Å². The Bertz CT molecular complexity index is 1930. The SMILES string of the molecule is C.COC(=O)C(C)CSCc1cc(OC)c(OCCNC2C(C)OC(CO)C(OC)C2O)cc1[N+](=O)[O-].COC(=O)C(CSCc1cc(OC)c(OCCBr)cc1[N+](=O)[O-])NC(=O)OC(C)(C)C. The molecule has 1 saturated heterocycles. The summed E-state index contributed by atoms with van der Waals surface area (Å²) in [6.45, 7) is 9.10. The lowest BCUT2D eigenvalue weighted by molar-refractivity contribution is -0.385. The molecule has 4 N–H and O–H groups in total. The number of methoxy groups -OCH3 is 5. The number of aliphatic hydroxyl groups is 2. The Kier molecular flexibility index (Phi) is 28.1. The van der Waals surface area contributed by atoms with Crippen LogP contribution in [0.25, 0.3) is 0 Å². The van der Waals surface area contributed by atoms with Crippen molar-refractivity contribution < 1.29 is 77.1 Å².